The van der Waals surface area contributed by atoms with Crippen molar-refractivity contribution in [1.29, 1.82) is 0 Å². The highest BCUT2D eigenvalue weighted by atomic mass is 32.2. The molecule has 8 nitrogen and oxygen atoms in total. The molecule has 1 atom stereocenters. The number of carbonyl (C=O) groups excluding carboxylic acids is 3. The Balaban J connectivity index is 1.33. The van der Waals surface area contributed by atoms with Crippen molar-refractivity contribution in [2.45, 2.75) is 17.3 Å². The largest absolute Gasteiger partial charge is 0.335 e. The molecule has 0 spiro atoms. The maximum atomic E-state index is 14.1. The van der Waals surface area contributed by atoms with E-state index in [1.807, 2.05) is 0 Å². The molecule has 0 radical (unpaired) electrons. The standard InChI is InChI=1S/C25H18FN5O3S/c1-13(35-25-30-29-23(31(25)27)18-8-4-5-9-20(18)26)24(34)28-14-10-11-17-19(12-14)22(33)16-7-3-2-6-15(16)21(17)32/h2-13H,27H2,1H3,(H,28,34). The summed E-state index contributed by atoms with van der Waals surface area (Å²) < 4.78 is 15.2. The Morgan fingerprint density at radius 3 is 2.20 bits per heavy atom. The summed E-state index contributed by atoms with van der Waals surface area (Å²) in [4.78, 5) is 38.5. The van der Waals surface area contributed by atoms with Gasteiger partial charge >= 0.3 is 0 Å². The molecule has 1 amide bonds. The van der Waals surface area contributed by atoms with Crippen molar-refractivity contribution < 1.29 is 18.8 Å². The number of amides is 1. The second kappa shape index (κ2) is 8.80. The summed E-state index contributed by atoms with van der Waals surface area (Å²) in [5.74, 6) is 4.82. The van der Waals surface area contributed by atoms with Crippen molar-refractivity contribution in [2.75, 3.05) is 11.2 Å². The second-order valence-electron chi connectivity index (χ2n) is 7.87. The van der Waals surface area contributed by atoms with Crippen LogP contribution in [0.1, 0.15) is 38.8 Å². The van der Waals surface area contributed by atoms with Gasteiger partial charge in [-0.1, -0.05) is 48.2 Å². The molecule has 35 heavy (non-hydrogen) atoms. The number of halogens is 1. The van der Waals surface area contributed by atoms with Crippen LogP contribution in [0.25, 0.3) is 11.4 Å². The predicted molar refractivity (Wildman–Crippen MR) is 129 cm³/mol. The molecule has 1 aromatic heterocycles. The minimum Gasteiger partial charge on any atom is -0.335 e. The normalized spacial score (nSPS) is 13.2. The SMILES string of the molecule is CC(Sc1nnc(-c2ccccc2F)n1N)C(=O)Nc1ccc2c(c1)C(=O)c1ccccc1C2=O. The molecule has 1 unspecified atom stereocenters. The Labute approximate surface area is 203 Å². The number of carbonyl (C=O) groups is 3. The maximum absolute atomic E-state index is 14.1. The van der Waals surface area contributed by atoms with Gasteiger partial charge in [-0.15, -0.1) is 10.2 Å². The Hall–Kier alpha value is -4.31. The fourth-order valence-electron chi connectivity index (χ4n) is 3.82. The van der Waals surface area contributed by atoms with Crippen molar-refractivity contribution in [1.82, 2.24) is 14.9 Å². The zero-order valence-electron chi connectivity index (χ0n) is 18.4. The summed E-state index contributed by atoms with van der Waals surface area (Å²) >= 11 is 1.05. The van der Waals surface area contributed by atoms with Gasteiger partial charge in [-0.2, -0.15) is 0 Å². The summed E-state index contributed by atoms with van der Waals surface area (Å²) in [5.41, 5.74) is 1.82. The van der Waals surface area contributed by atoms with Crippen LogP contribution < -0.4 is 11.2 Å². The first-order chi connectivity index (χ1) is 16.8. The second-order valence-corrected chi connectivity index (χ2v) is 9.18. The molecule has 1 aliphatic carbocycles. The van der Waals surface area contributed by atoms with E-state index in [9.17, 15) is 18.8 Å². The number of nitrogens with zero attached hydrogens (tertiary/aromatic N) is 3. The highest BCUT2D eigenvalue weighted by Crippen LogP contribution is 2.30. The van der Waals surface area contributed by atoms with E-state index in [0.717, 1.165) is 16.4 Å². The van der Waals surface area contributed by atoms with Crippen LogP contribution in [0.5, 0.6) is 0 Å². The van der Waals surface area contributed by atoms with E-state index in [1.165, 1.54) is 24.3 Å². The Morgan fingerprint density at radius 1 is 0.914 bits per heavy atom. The molecular formula is C25H18FN5O3S. The van der Waals surface area contributed by atoms with Crippen molar-refractivity contribution in [2.24, 2.45) is 0 Å². The van der Waals surface area contributed by atoms with Gasteiger partial charge in [-0.25, -0.2) is 9.07 Å². The molecule has 3 N–H and O–H groups in total. The number of thioether (sulfide) groups is 1. The monoisotopic (exact) mass is 487 g/mol. The molecule has 0 saturated carbocycles. The van der Waals surface area contributed by atoms with Crippen molar-refractivity contribution in [3.63, 3.8) is 0 Å². The van der Waals surface area contributed by atoms with Crippen LogP contribution in [-0.2, 0) is 4.79 Å². The van der Waals surface area contributed by atoms with Crippen LogP contribution in [0.15, 0.2) is 71.9 Å². The number of hydrogen-bond acceptors (Lipinski definition) is 7. The lowest BCUT2D eigenvalue weighted by Crippen LogP contribution is -2.25. The first-order valence-electron chi connectivity index (χ1n) is 10.6. The van der Waals surface area contributed by atoms with Crippen molar-refractivity contribution >= 4 is 34.9 Å². The van der Waals surface area contributed by atoms with Gasteiger partial charge in [0, 0.05) is 27.9 Å². The summed E-state index contributed by atoms with van der Waals surface area (Å²) in [6.45, 7) is 1.65. The number of rotatable bonds is 5. The summed E-state index contributed by atoms with van der Waals surface area (Å²) in [5, 5.41) is 10.3. The van der Waals surface area contributed by atoms with Gasteiger partial charge in [-0.05, 0) is 37.3 Å². The summed E-state index contributed by atoms with van der Waals surface area (Å²) in [7, 11) is 0. The molecule has 4 aromatic rings. The minimum absolute atomic E-state index is 0.136. The van der Waals surface area contributed by atoms with Gasteiger partial charge in [0.15, 0.2) is 17.4 Å². The van der Waals surface area contributed by atoms with Crippen LogP contribution in [0.2, 0.25) is 0 Å². The average Bonchev–Trinajstić information content (AvgIpc) is 3.22. The Bertz CT molecular complexity index is 1520. The predicted octanol–water partition coefficient (Wildman–Crippen LogP) is 3.69. The van der Waals surface area contributed by atoms with Crippen molar-refractivity contribution in [3.8, 4) is 11.4 Å². The van der Waals surface area contributed by atoms with E-state index >= 15 is 0 Å². The van der Waals surface area contributed by atoms with Crippen LogP contribution in [-0.4, -0.2) is 37.6 Å². The topological polar surface area (TPSA) is 120 Å². The van der Waals surface area contributed by atoms with E-state index in [2.05, 4.69) is 15.5 Å². The zero-order chi connectivity index (χ0) is 24.7. The molecule has 1 heterocycles. The van der Waals surface area contributed by atoms with E-state index in [4.69, 9.17) is 5.84 Å². The molecule has 3 aromatic carbocycles. The van der Waals surface area contributed by atoms with Crippen LogP contribution in [0.4, 0.5) is 10.1 Å². The fraction of sp³-hybridized carbons (Fsp3) is 0.0800. The van der Waals surface area contributed by atoms with Gasteiger partial charge in [0.2, 0.25) is 11.1 Å². The lowest BCUT2D eigenvalue weighted by molar-refractivity contribution is -0.115. The number of fused-ring (bicyclic) bond motifs is 2. The average molecular weight is 488 g/mol. The van der Waals surface area contributed by atoms with E-state index in [-0.39, 0.29) is 39.6 Å². The van der Waals surface area contributed by atoms with Crippen LogP contribution in [0, 0.1) is 5.82 Å². The highest BCUT2D eigenvalue weighted by Gasteiger charge is 2.30. The van der Waals surface area contributed by atoms with Crippen LogP contribution in [0.3, 0.4) is 0 Å². The number of ketones is 2. The minimum atomic E-state index is -0.649. The number of benzene rings is 3. The quantitative estimate of drug-likeness (QED) is 0.287. The number of anilines is 1. The number of hydrogen-bond donors (Lipinski definition) is 2. The number of nitrogens with one attached hydrogen (secondary N) is 1. The molecule has 0 bridgehead atoms. The highest BCUT2D eigenvalue weighted by molar-refractivity contribution is 8.00. The summed E-state index contributed by atoms with van der Waals surface area (Å²) in [6.07, 6.45) is 0. The molecule has 0 fully saturated rings. The fourth-order valence-corrected chi connectivity index (χ4v) is 4.59. The van der Waals surface area contributed by atoms with E-state index in [1.54, 1.807) is 49.4 Å². The van der Waals surface area contributed by atoms with Crippen LogP contribution >= 0.6 is 11.8 Å². The van der Waals surface area contributed by atoms with E-state index < -0.39 is 11.1 Å². The molecule has 1 aliphatic rings. The lowest BCUT2D eigenvalue weighted by atomic mass is 9.84. The molecule has 174 valence electrons. The molecule has 0 aliphatic heterocycles. The number of nitrogen functional groups attached to an aromatic ring is 1. The molecule has 0 saturated heterocycles. The smallest absolute Gasteiger partial charge is 0.237 e. The lowest BCUT2D eigenvalue weighted by Gasteiger charge is -2.18. The summed E-state index contributed by atoms with van der Waals surface area (Å²) in [6, 6.07) is 17.3. The third-order valence-corrected chi connectivity index (χ3v) is 6.68. The zero-order valence-corrected chi connectivity index (χ0v) is 19.2. The first kappa shape index (κ1) is 22.5. The van der Waals surface area contributed by atoms with Gasteiger partial charge in [0.05, 0.1) is 10.8 Å². The molecule has 10 heteroatoms. The molecular weight excluding hydrogens is 469 g/mol. The molecule has 5 rings (SSSR count). The van der Waals surface area contributed by atoms with Gasteiger partial charge in [0.1, 0.15) is 5.82 Å². The van der Waals surface area contributed by atoms with Crippen molar-refractivity contribution in [3.05, 3.63) is 94.8 Å². The number of aromatic nitrogens is 3. The third kappa shape index (κ3) is 3.97. The number of nitrogens with two attached hydrogens (primary N) is 1. The maximum Gasteiger partial charge on any atom is 0.237 e. The van der Waals surface area contributed by atoms with Gasteiger partial charge < -0.3 is 11.2 Å². The Kier molecular flexibility index (Phi) is 5.65. The Morgan fingerprint density at radius 2 is 1.51 bits per heavy atom. The first-order valence-corrected chi connectivity index (χ1v) is 11.5. The van der Waals surface area contributed by atoms with E-state index in [0.29, 0.717) is 22.4 Å². The van der Waals surface area contributed by atoms with Gasteiger partial charge in [-0.3, -0.25) is 14.4 Å². The third-order valence-electron chi connectivity index (χ3n) is 5.62. The van der Waals surface area contributed by atoms with Gasteiger partial charge in [0.25, 0.3) is 0 Å².